The second kappa shape index (κ2) is 8.71. The lowest BCUT2D eigenvalue weighted by Gasteiger charge is -2.18. The van der Waals surface area contributed by atoms with Crippen molar-refractivity contribution in [3.05, 3.63) is 42.5 Å². The molecule has 124 valence electrons. The van der Waals surface area contributed by atoms with Crippen LogP contribution in [0, 0.1) is 5.92 Å². The zero-order valence-electron chi connectivity index (χ0n) is 14.5. The van der Waals surface area contributed by atoms with Crippen LogP contribution in [0.2, 0.25) is 0 Å². The van der Waals surface area contributed by atoms with Crippen molar-refractivity contribution in [1.82, 2.24) is 0 Å². The van der Waals surface area contributed by atoms with Crippen LogP contribution in [-0.4, -0.2) is 11.9 Å². The monoisotopic (exact) mass is 312 g/mol. The first-order valence-electron chi connectivity index (χ1n) is 8.82. The van der Waals surface area contributed by atoms with Gasteiger partial charge < -0.3 is 4.74 Å². The summed E-state index contributed by atoms with van der Waals surface area (Å²) in [6.07, 6.45) is 4.84. The standard InChI is InChI=1S/C21H28O2/c1-4-6-9-17(5-2)14-21(22)16(3)23-20-13-12-18-10-7-8-11-19(18)15-20/h7-8,10-13,15-17H,4-6,9,14H2,1-3H3. The molecule has 0 fully saturated rings. The topological polar surface area (TPSA) is 26.3 Å². The Morgan fingerprint density at radius 1 is 1.09 bits per heavy atom. The molecule has 0 aliphatic carbocycles. The van der Waals surface area contributed by atoms with E-state index >= 15 is 0 Å². The highest BCUT2D eigenvalue weighted by molar-refractivity contribution is 5.85. The fourth-order valence-electron chi connectivity index (χ4n) is 2.90. The Morgan fingerprint density at radius 3 is 2.52 bits per heavy atom. The number of ketones is 1. The van der Waals surface area contributed by atoms with Crippen molar-refractivity contribution in [2.45, 2.75) is 59.0 Å². The van der Waals surface area contributed by atoms with Gasteiger partial charge >= 0.3 is 0 Å². The molecule has 2 aromatic carbocycles. The molecule has 0 heterocycles. The lowest BCUT2D eigenvalue weighted by Crippen LogP contribution is -2.25. The molecule has 0 saturated heterocycles. The molecule has 0 aliphatic rings. The summed E-state index contributed by atoms with van der Waals surface area (Å²) < 4.78 is 5.88. The Hall–Kier alpha value is -1.83. The molecular weight excluding hydrogens is 284 g/mol. The first-order chi connectivity index (χ1) is 11.1. The van der Waals surface area contributed by atoms with Gasteiger partial charge in [-0.1, -0.05) is 69.9 Å². The summed E-state index contributed by atoms with van der Waals surface area (Å²) >= 11 is 0. The predicted octanol–water partition coefficient (Wildman–Crippen LogP) is 5.78. The van der Waals surface area contributed by atoms with Gasteiger partial charge in [0.15, 0.2) is 11.9 Å². The van der Waals surface area contributed by atoms with Gasteiger partial charge in [-0.05, 0) is 35.7 Å². The van der Waals surface area contributed by atoms with E-state index in [4.69, 9.17) is 4.74 Å². The van der Waals surface area contributed by atoms with Gasteiger partial charge in [-0.2, -0.15) is 0 Å². The van der Waals surface area contributed by atoms with Crippen molar-refractivity contribution in [3.63, 3.8) is 0 Å². The van der Waals surface area contributed by atoms with E-state index < -0.39 is 0 Å². The largest absolute Gasteiger partial charge is 0.483 e. The molecule has 0 radical (unpaired) electrons. The van der Waals surface area contributed by atoms with Crippen LogP contribution in [0.15, 0.2) is 42.5 Å². The van der Waals surface area contributed by atoms with Gasteiger partial charge in [0.05, 0.1) is 0 Å². The summed E-state index contributed by atoms with van der Waals surface area (Å²) in [4.78, 5) is 12.4. The van der Waals surface area contributed by atoms with E-state index in [9.17, 15) is 4.79 Å². The molecular formula is C21H28O2. The molecule has 2 rings (SSSR count). The van der Waals surface area contributed by atoms with Crippen LogP contribution in [0.1, 0.15) is 52.9 Å². The van der Waals surface area contributed by atoms with Gasteiger partial charge in [0.25, 0.3) is 0 Å². The number of carbonyl (C=O) groups excluding carboxylic acids is 1. The van der Waals surface area contributed by atoms with Crippen LogP contribution in [0.4, 0.5) is 0 Å². The number of fused-ring (bicyclic) bond motifs is 1. The first-order valence-corrected chi connectivity index (χ1v) is 8.82. The maximum atomic E-state index is 12.4. The molecule has 2 aromatic rings. The summed E-state index contributed by atoms with van der Waals surface area (Å²) in [5, 5.41) is 2.32. The summed E-state index contributed by atoms with van der Waals surface area (Å²) in [5.41, 5.74) is 0. The Labute approximate surface area is 139 Å². The van der Waals surface area contributed by atoms with Crippen LogP contribution in [-0.2, 0) is 4.79 Å². The zero-order valence-corrected chi connectivity index (χ0v) is 14.5. The average molecular weight is 312 g/mol. The summed E-state index contributed by atoms with van der Waals surface area (Å²) in [6.45, 7) is 6.23. The molecule has 2 heteroatoms. The Morgan fingerprint density at radius 2 is 1.83 bits per heavy atom. The number of unbranched alkanes of at least 4 members (excludes halogenated alkanes) is 1. The van der Waals surface area contributed by atoms with Gasteiger partial charge in [-0.25, -0.2) is 0 Å². The van der Waals surface area contributed by atoms with Gasteiger partial charge in [0.2, 0.25) is 0 Å². The SMILES string of the molecule is CCCCC(CC)CC(=O)C(C)Oc1ccc2ccccc2c1. The van der Waals surface area contributed by atoms with Gasteiger partial charge in [0.1, 0.15) is 5.75 Å². The van der Waals surface area contributed by atoms with E-state index in [0.717, 1.165) is 24.0 Å². The Balaban J connectivity index is 1.96. The third-order valence-electron chi connectivity index (χ3n) is 4.52. The predicted molar refractivity (Wildman–Crippen MR) is 97.0 cm³/mol. The number of ether oxygens (including phenoxy) is 1. The quantitative estimate of drug-likeness (QED) is 0.586. The highest BCUT2D eigenvalue weighted by Crippen LogP contribution is 2.23. The van der Waals surface area contributed by atoms with Crippen LogP contribution >= 0.6 is 0 Å². The maximum absolute atomic E-state index is 12.4. The molecule has 2 unspecified atom stereocenters. The van der Waals surface area contributed by atoms with Gasteiger partial charge in [-0.15, -0.1) is 0 Å². The highest BCUT2D eigenvalue weighted by atomic mass is 16.5. The van der Waals surface area contributed by atoms with Crippen LogP contribution in [0.25, 0.3) is 10.8 Å². The number of carbonyl (C=O) groups is 1. The van der Waals surface area contributed by atoms with Crippen molar-refractivity contribution in [1.29, 1.82) is 0 Å². The molecule has 2 nitrogen and oxygen atoms in total. The van der Waals surface area contributed by atoms with E-state index in [0.29, 0.717) is 12.3 Å². The number of hydrogen-bond acceptors (Lipinski definition) is 2. The highest BCUT2D eigenvalue weighted by Gasteiger charge is 2.19. The van der Waals surface area contributed by atoms with E-state index in [-0.39, 0.29) is 11.9 Å². The average Bonchev–Trinajstić information content (AvgIpc) is 2.58. The van der Waals surface area contributed by atoms with Crippen molar-refractivity contribution in [2.75, 3.05) is 0 Å². The first kappa shape index (κ1) is 17.5. The Bertz CT molecular complexity index is 633. The number of benzene rings is 2. The lowest BCUT2D eigenvalue weighted by molar-refractivity contribution is -0.126. The van der Waals surface area contributed by atoms with E-state index in [1.165, 1.54) is 18.2 Å². The van der Waals surface area contributed by atoms with Crippen molar-refractivity contribution >= 4 is 16.6 Å². The molecule has 0 saturated carbocycles. The Kier molecular flexibility index (Phi) is 6.64. The third-order valence-corrected chi connectivity index (χ3v) is 4.52. The second-order valence-corrected chi connectivity index (χ2v) is 6.36. The second-order valence-electron chi connectivity index (χ2n) is 6.36. The molecule has 0 spiro atoms. The fourth-order valence-corrected chi connectivity index (χ4v) is 2.90. The van der Waals surface area contributed by atoms with E-state index in [1.54, 1.807) is 0 Å². The number of Topliss-reactive ketones (excluding diaryl/α,β-unsaturated/α-hetero) is 1. The van der Waals surface area contributed by atoms with Gasteiger partial charge in [0, 0.05) is 6.42 Å². The van der Waals surface area contributed by atoms with E-state index in [1.807, 2.05) is 37.3 Å². The number of hydrogen-bond donors (Lipinski definition) is 0. The smallest absolute Gasteiger partial charge is 0.173 e. The molecule has 0 aliphatic heterocycles. The van der Waals surface area contributed by atoms with E-state index in [2.05, 4.69) is 26.0 Å². The number of rotatable bonds is 9. The molecule has 0 aromatic heterocycles. The minimum atomic E-state index is -0.383. The van der Waals surface area contributed by atoms with Crippen molar-refractivity contribution < 1.29 is 9.53 Å². The lowest BCUT2D eigenvalue weighted by atomic mass is 9.92. The molecule has 23 heavy (non-hydrogen) atoms. The molecule has 0 amide bonds. The molecule has 2 atom stereocenters. The van der Waals surface area contributed by atoms with Crippen molar-refractivity contribution in [3.8, 4) is 5.75 Å². The fraction of sp³-hybridized carbons (Fsp3) is 0.476. The van der Waals surface area contributed by atoms with Crippen LogP contribution in [0.3, 0.4) is 0 Å². The maximum Gasteiger partial charge on any atom is 0.173 e. The molecule has 0 N–H and O–H groups in total. The minimum absolute atomic E-state index is 0.209. The van der Waals surface area contributed by atoms with Gasteiger partial charge in [-0.3, -0.25) is 4.79 Å². The molecule has 0 bridgehead atoms. The summed E-state index contributed by atoms with van der Waals surface area (Å²) in [5.74, 6) is 1.47. The van der Waals surface area contributed by atoms with Crippen LogP contribution < -0.4 is 4.74 Å². The van der Waals surface area contributed by atoms with Crippen molar-refractivity contribution in [2.24, 2.45) is 5.92 Å². The summed E-state index contributed by atoms with van der Waals surface area (Å²) in [7, 11) is 0. The zero-order chi connectivity index (χ0) is 16.7. The third kappa shape index (κ3) is 5.09. The normalized spacial score (nSPS) is 13.7. The van der Waals surface area contributed by atoms with Crippen LogP contribution in [0.5, 0.6) is 5.75 Å². The summed E-state index contributed by atoms with van der Waals surface area (Å²) in [6, 6.07) is 14.2. The minimum Gasteiger partial charge on any atom is -0.483 e.